The molecule has 0 unspecified atom stereocenters. The molecule has 0 spiro atoms. The van der Waals surface area contributed by atoms with Gasteiger partial charge in [0, 0.05) is 39.2 Å². The van der Waals surface area contributed by atoms with Gasteiger partial charge in [0.05, 0.1) is 0 Å². The summed E-state index contributed by atoms with van der Waals surface area (Å²) in [6, 6.07) is 13.0. The quantitative estimate of drug-likeness (QED) is 0.535. The van der Waals surface area contributed by atoms with E-state index in [1.807, 2.05) is 0 Å². The highest BCUT2D eigenvalue weighted by Crippen LogP contribution is 2.31. The molecule has 100 valence electrons. The number of rotatable bonds is 0. The molecule has 2 aromatic carbocycles. The summed E-state index contributed by atoms with van der Waals surface area (Å²) in [7, 11) is 0. The van der Waals surface area contributed by atoms with Gasteiger partial charge in [-0.05, 0) is 18.2 Å². The number of H-pyrrole nitrogens is 1. The van der Waals surface area contributed by atoms with E-state index in [0.29, 0.717) is 33.2 Å². The molecule has 0 atom stereocenters. The highest BCUT2D eigenvalue weighted by Gasteiger charge is 2.30. The predicted octanol–water partition coefficient (Wildman–Crippen LogP) is 2.30. The van der Waals surface area contributed by atoms with Crippen molar-refractivity contribution in [1.29, 1.82) is 0 Å². The molecule has 0 aliphatic heterocycles. The summed E-state index contributed by atoms with van der Waals surface area (Å²) in [6.07, 6.45) is 0. The predicted molar refractivity (Wildman–Crippen MR) is 77.9 cm³/mol. The van der Waals surface area contributed by atoms with Crippen LogP contribution >= 0.6 is 0 Å². The first-order valence-electron chi connectivity index (χ1n) is 6.51. The lowest BCUT2D eigenvalue weighted by Crippen LogP contribution is -2.21. The Morgan fingerprint density at radius 2 is 1.38 bits per heavy atom. The standard InChI is InChI=1S/C17H9NO3/c19-14-8-6-11-13(18-14)7-5-12-15(11)17(21)10-4-2-1-3-9(10)16(12)20/h1-8H,(H,18,19). The fourth-order valence-corrected chi connectivity index (χ4v) is 2.83. The second-order valence-electron chi connectivity index (χ2n) is 4.98. The van der Waals surface area contributed by atoms with Crippen molar-refractivity contribution in [2.75, 3.05) is 0 Å². The molecule has 0 fully saturated rings. The largest absolute Gasteiger partial charge is 0.322 e. The minimum absolute atomic E-state index is 0.159. The van der Waals surface area contributed by atoms with Crippen LogP contribution in [-0.4, -0.2) is 16.6 Å². The summed E-state index contributed by atoms with van der Waals surface area (Å²) in [5.74, 6) is -0.342. The Labute approximate surface area is 119 Å². The van der Waals surface area contributed by atoms with Crippen LogP contribution in [0.1, 0.15) is 31.8 Å². The Hall–Kier alpha value is -3.01. The topological polar surface area (TPSA) is 67.0 Å². The van der Waals surface area contributed by atoms with Crippen LogP contribution in [0.3, 0.4) is 0 Å². The molecule has 1 aromatic heterocycles. The van der Waals surface area contributed by atoms with Crippen molar-refractivity contribution in [2.24, 2.45) is 0 Å². The Morgan fingerprint density at radius 1 is 0.667 bits per heavy atom. The van der Waals surface area contributed by atoms with Crippen LogP contribution in [0.5, 0.6) is 0 Å². The maximum absolute atomic E-state index is 12.7. The van der Waals surface area contributed by atoms with Gasteiger partial charge in [-0.1, -0.05) is 24.3 Å². The Morgan fingerprint density at radius 3 is 2.14 bits per heavy atom. The van der Waals surface area contributed by atoms with Gasteiger partial charge in [-0.15, -0.1) is 0 Å². The molecule has 4 nitrogen and oxygen atoms in total. The van der Waals surface area contributed by atoms with Crippen LogP contribution in [-0.2, 0) is 0 Å². The minimum atomic E-state index is -0.238. The molecule has 1 heterocycles. The first-order valence-corrected chi connectivity index (χ1v) is 6.51. The van der Waals surface area contributed by atoms with Crippen molar-refractivity contribution in [3.63, 3.8) is 0 Å². The molecule has 3 aromatic rings. The first-order chi connectivity index (χ1) is 10.2. The molecule has 21 heavy (non-hydrogen) atoms. The number of ketones is 2. The van der Waals surface area contributed by atoms with Gasteiger partial charge in [-0.3, -0.25) is 14.4 Å². The smallest absolute Gasteiger partial charge is 0.248 e. The zero-order valence-electron chi connectivity index (χ0n) is 10.8. The van der Waals surface area contributed by atoms with Crippen LogP contribution < -0.4 is 5.56 Å². The van der Waals surface area contributed by atoms with Gasteiger partial charge >= 0.3 is 0 Å². The Kier molecular flexibility index (Phi) is 2.24. The molecule has 1 N–H and O–H groups in total. The summed E-state index contributed by atoms with van der Waals surface area (Å²) in [6.45, 7) is 0. The SMILES string of the molecule is O=C1c2ccccc2C(=O)c2c1ccc1[nH]c(=O)ccc21. The van der Waals surface area contributed by atoms with E-state index in [9.17, 15) is 14.4 Å². The van der Waals surface area contributed by atoms with Gasteiger partial charge in [-0.25, -0.2) is 0 Å². The van der Waals surface area contributed by atoms with E-state index in [2.05, 4.69) is 4.98 Å². The van der Waals surface area contributed by atoms with Crippen LogP contribution in [0.25, 0.3) is 10.9 Å². The lowest BCUT2D eigenvalue weighted by molar-refractivity contribution is 0.0980. The summed E-state index contributed by atoms with van der Waals surface area (Å²) in [4.78, 5) is 39.3. The van der Waals surface area contributed by atoms with Gasteiger partial charge in [0.1, 0.15) is 0 Å². The summed E-state index contributed by atoms with van der Waals surface area (Å²) < 4.78 is 0. The fourth-order valence-electron chi connectivity index (χ4n) is 2.83. The van der Waals surface area contributed by atoms with Gasteiger partial charge in [0.2, 0.25) is 5.56 Å². The normalized spacial score (nSPS) is 13.1. The lowest BCUT2D eigenvalue weighted by Gasteiger charge is -2.18. The third-order valence-corrected chi connectivity index (χ3v) is 3.79. The third kappa shape index (κ3) is 1.53. The van der Waals surface area contributed by atoms with Crippen LogP contribution in [0, 0.1) is 0 Å². The van der Waals surface area contributed by atoms with E-state index in [4.69, 9.17) is 0 Å². The summed E-state index contributed by atoms with van der Waals surface area (Å²) >= 11 is 0. The zero-order valence-corrected chi connectivity index (χ0v) is 10.8. The second kappa shape index (κ2) is 3.99. The maximum atomic E-state index is 12.7. The molecule has 0 saturated carbocycles. The Balaban J connectivity index is 2.14. The molecular formula is C17H9NO3. The minimum Gasteiger partial charge on any atom is -0.322 e. The third-order valence-electron chi connectivity index (χ3n) is 3.79. The molecule has 0 amide bonds. The fraction of sp³-hybridized carbons (Fsp3) is 0. The number of aromatic amines is 1. The van der Waals surface area contributed by atoms with E-state index in [0.717, 1.165) is 0 Å². The highest BCUT2D eigenvalue weighted by atomic mass is 16.1. The van der Waals surface area contributed by atoms with Crippen molar-refractivity contribution in [3.8, 4) is 0 Å². The van der Waals surface area contributed by atoms with Crippen molar-refractivity contribution >= 4 is 22.5 Å². The molecule has 0 saturated heterocycles. The summed E-state index contributed by atoms with van der Waals surface area (Å²) in [5.41, 5.74) is 1.91. The second-order valence-corrected chi connectivity index (χ2v) is 4.98. The molecule has 1 aliphatic rings. The average Bonchev–Trinajstić information content (AvgIpc) is 2.51. The van der Waals surface area contributed by atoms with Crippen LogP contribution in [0.4, 0.5) is 0 Å². The van der Waals surface area contributed by atoms with Crippen molar-refractivity contribution in [3.05, 3.63) is 81.1 Å². The molecule has 0 bridgehead atoms. The maximum Gasteiger partial charge on any atom is 0.248 e. The number of carbonyl (C=O) groups is 2. The van der Waals surface area contributed by atoms with E-state index in [-0.39, 0.29) is 17.1 Å². The van der Waals surface area contributed by atoms with Crippen LogP contribution in [0.15, 0.2) is 53.3 Å². The number of aromatic nitrogens is 1. The number of pyridine rings is 1. The van der Waals surface area contributed by atoms with Gasteiger partial charge in [0.15, 0.2) is 11.6 Å². The van der Waals surface area contributed by atoms with E-state index < -0.39 is 0 Å². The van der Waals surface area contributed by atoms with E-state index >= 15 is 0 Å². The van der Waals surface area contributed by atoms with Gasteiger partial charge < -0.3 is 4.98 Å². The number of hydrogen-bond acceptors (Lipinski definition) is 3. The first kappa shape index (κ1) is 11.8. The molecule has 4 heteroatoms. The number of fused-ring (bicyclic) bond motifs is 4. The highest BCUT2D eigenvalue weighted by molar-refractivity contribution is 6.31. The molecule has 0 radical (unpaired) electrons. The number of benzene rings is 2. The number of nitrogens with one attached hydrogen (secondary N) is 1. The number of hydrogen-bond donors (Lipinski definition) is 1. The molecular weight excluding hydrogens is 266 g/mol. The zero-order chi connectivity index (χ0) is 14.6. The van der Waals surface area contributed by atoms with Gasteiger partial charge in [0.25, 0.3) is 0 Å². The van der Waals surface area contributed by atoms with E-state index in [1.54, 1.807) is 42.5 Å². The lowest BCUT2D eigenvalue weighted by atomic mass is 9.82. The Bertz CT molecular complexity index is 998. The molecule has 1 aliphatic carbocycles. The monoisotopic (exact) mass is 275 g/mol. The molecule has 4 rings (SSSR count). The summed E-state index contributed by atoms with van der Waals surface area (Å²) in [5, 5.41) is 0.597. The van der Waals surface area contributed by atoms with Crippen molar-refractivity contribution < 1.29 is 9.59 Å². The van der Waals surface area contributed by atoms with Crippen LogP contribution in [0.2, 0.25) is 0 Å². The van der Waals surface area contributed by atoms with Gasteiger partial charge in [-0.2, -0.15) is 0 Å². The van der Waals surface area contributed by atoms with E-state index in [1.165, 1.54) is 6.07 Å². The van der Waals surface area contributed by atoms with Crippen molar-refractivity contribution in [1.82, 2.24) is 4.98 Å². The average molecular weight is 275 g/mol. The van der Waals surface area contributed by atoms with Crippen molar-refractivity contribution in [2.45, 2.75) is 0 Å². The number of carbonyl (C=O) groups excluding carboxylic acids is 2.